The van der Waals surface area contributed by atoms with E-state index in [-0.39, 0.29) is 17.7 Å². The van der Waals surface area contributed by atoms with Crippen molar-refractivity contribution in [1.29, 1.82) is 0 Å². The number of nitrogens with one attached hydrogen (secondary N) is 1. The molecule has 2 aromatic rings. The second kappa shape index (κ2) is 8.32. The molecule has 1 N–H and O–H groups in total. The van der Waals surface area contributed by atoms with Crippen molar-refractivity contribution in [3.8, 4) is 0 Å². The average Bonchev–Trinajstić information content (AvgIpc) is 3.32. The Hall–Kier alpha value is -2.74. The lowest BCUT2D eigenvalue weighted by molar-refractivity contribution is -0.125. The molecule has 2 aliphatic rings. The van der Waals surface area contributed by atoms with Gasteiger partial charge in [0, 0.05) is 38.2 Å². The lowest BCUT2D eigenvalue weighted by atomic mass is 10.0. The number of nitrogens with zero attached hydrogens (tertiary/aromatic N) is 4. The van der Waals surface area contributed by atoms with Gasteiger partial charge >= 0.3 is 0 Å². The summed E-state index contributed by atoms with van der Waals surface area (Å²) in [6, 6.07) is 5.92. The van der Waals surface area contributed by atoms with Gasteiger partial charge in [0.1, 0.15) is 5.82 Å². The number of ether oxygens (including phenoxy) is 1. The van der Waals surface area contributed by atoms with E-state index < -0.39 is 0 Å². The summed E-state index contributed by atoms with van der Waals surface area (Å²) in [5.41, 5.74) is 2.90. The van der Waals surface area contributed by atoms with E-state index >= 15 is 0 Å². The molecule has 154 valence electrons. The second-order valence-corrected chi connectivity index (χ2v) is 7.82. The van der Waals surface area contributed by atoms with E-state index in [0.29, 0.717) is 45.8 Å². The van der Waals surface area contributed by atoms with Crippen molar-refractivity contribution in [3.63, 3.8) is 0 Å². The highest BCUT2D eigenvalue weighted by Crippen LogP contribution is 2.17. The van der Waals surface area contributed by atoms with Gasteiger partial charge in [-0.1, -0.05) is 17.7 Å². The molecular weight excluding hydrogens is 370 g/mol. The Morgan fingerprint density at radius 1 is 1.21 bits per heavy atom. The minimum absolute atomic E-state index is 0.000113. The quantitative estimate of drug-likeness (QED) is 0.839. The van der Waals surface area contributed by atoms with Gasteiger partial charge in [0.15, 0.2) is 5.82 Å². The number of fused-ring (bicyclic) bond motifs is 1. The van der Waals surface area contributed by atoms with Gasteiger partial charge in [-0.2, -0.15) is 0 Å². The van der Waals surface area contributed by atoms with Crippen LogP contribution in [0.4, 0.5) is 0 Å². The van der Waals surface area contributed by atoms with Crippen molar-refractivity contribution in [2.24, 2.45) is 5.92 Å². The van der Waals surface area contributed by atoms with Crippen molar-refractivity contribution in [2.75, 3.05) is 26.3 Å². The molecule has 0 saturated carbocycles. The van der Waals surface area contributed by atoms with Crippen LogP contribution in [0.5, 0.6) is 0 Å². The molecule has 4 rings (SSSR count). The fourth-order valence-electron chi connectivity index (χ4n) is 3.99. The zero-order chi connectivity index (χ0) is 20.4. The number of carbonyl (C=O) groups is 2. The molecule has 0 bridgehead atoms. The van der Waals surface area contributed by atoms with Gasteiger partial charge in [-0.05, 0) is 31.9 Å². The predicted octanol–water partition coefficient (Wildman–Crippen LogP) is 1.25. The third kappa shape index (κ3) is 4.17. The maximum absolute atomic E-state index is 13.0. The standard InChI is InChI=1S/C21H27N5O3/c1-14-3-4-17(15(2)11-14)21(28)25-7-5-18-23-24-19(26(18)9-8-25)12-22-20(27)16-6-10-29-13-16/h3-4,11,16H,5-10,12-13H2,1-2H3,(H,22,27)/t16-/m1/s1. The molecule has 0 unspecified atom stereocenters. The Morgan fingerprint density at radius 3 is 2.83 bits per heavy atom. The van der Waals surface area contributed by atoms with Gasteiger partial charge in [0.05, 0.1) is 19.1 Å². The smallest absolute Gasteiger partial charge is 0.254 e. The van der Waals surface area contributed by atoms with E-state index in [0.717, 1.165) is 34.8 Å². The minimum atomic E-state index is -0.0765. The number of rotatable bonds is 4. The van der Waals surface area contributed by atoms with E-state index in [2.05, 4.69) is 15.5 Å². The van der Waals surface area contributed by atoms with Crippen LogP contribution in [0.15, 0.2) is 18.2 Å². The van der Waals surface area contributed by atoms with Crippen LogP contribution in [0.25, 0.3) is 0 Å². The second-order valence-electron chi connectivity index (χ2n) is 7.82. The molecule has 1 fully saturated rings. The lowest BCUT2D eigenvalue weighted by Crippen LogP contribution is -2.34. The summed E-state index contributed by atoms with van der Waals surface area (Å²) >= 11 is 0. The molecule has 1 aromatic carbocycles. The molecule has 0 aliphatic carbocycles. The SMILES string of the molecule is Cc1ccc(C(=O)N2CCc3nnc(CNC(=O)[C@@H]4CCOC4)n3CC2)c(C)c1. The summed E-state index contributed by atoms with van der Waals surface area (Å²) in [4.78, 5) is 27.1. The van der Waals surface area contributed by atoms with Crippen LogP contribution >= 0.6 is 0 Å². The topological polar surface area (TPSA) is 89.3 Å². The first-order valence-electron chi connectivity index (χ1n) is 10.2. The van der Waals surface area contributed by atoms with Crippen LogP contribution in [-0.2, 0) is 29.0 Å². The number of benzene rings is 1. The fourth-order valence-corrected chi connectivity index (χ4v) is 3.99. The Bertz CT molecular complexity index is 917. The van der Waals surface area contributed by atoms with Crippen LogP contribution in [0, 0.1) is 19.8 Å². The summed E-state index contributed by atoms with van der Waals surface area (Å²) < 4.78 is 7.30. The maximum Gasteiger partial charge on any atom is 0.254 e. The first-order valence-corrected chi connectivity index (χ1v) is 10.2. The van der Waals surface area contributed by atoms with Crippen LogP contribution in [-0.4, -0.2) is 57.8 Å². The molecule has 29 heavy (non-hydrogen) atoms. The number of amides is 2. The van der Waals surface area contributed by atoms with E-state index in [9.17, 15) is 9.59 Å². The molecule has 8 heteroatoms. The van der Waals surface area contributed by atoms with E-state index in [4.69, 9.17) is 4.74 Å². The lowest BCUT2D eigenvalue weighted by Gasteiger charge is -2.21. The number of aryl methyl sites for hydroxylation is 2. The fraction of sp³-hybridized carbons (Fsp3) is 0.524. The van der Waals surface area contributed by atoms with Gasteiger partial charge in [-0.15, -0.1) is 10.2 Å². The van der Waals surface area contributed by atoms with Gasteiger partial charge < -0.3 is 19.5 Å². The third-order valence-electron chi connectivity index (χ3n) is 5.72. The van der Waals surface area contributed by atoms with E-state index in [1.54, 1.807) is 0 Å². The van der Waals surface area contributed by atoms with Gasteiger partial charge in [-0.3, -0.25) is 9.59 Å². The molecule has 0 radical (unpaired) electrons. The summed E-state index contributed by atoms with van der Waals surface area (Å²) in [7, 11) is 0. The largest absolute Gasteiger partial charge is 0.381 e. The van der Waals surface area contributed by atoms with Crippen LogP contribution in [0.2, 0.25) is 0 Å². The Labute approximate surface area is 170 Å². The first-order chi connectivity index (χ1) is 14.0. The highest BCUT2D eigenvalue weighted by atomic mass is 16.5. The maximum atomic E-state index is 13.0. The van der Waals surface area contributed by atoms with Gasteiger partial charge in [0.25, 0.3) is 5.91 Å². The Kier molecular flexibility index (Phi) is 5.62. The summed E-state index contributed by atoms with van der Waals surface area (Å²) in [5, 5.41) is 11.5. The van der Waals surface area contributed by atoms with Crippen molar-refractivity contribution in [1.82, 2.24) is 25.0 Å². The van der Waals surface area contributed by atoms with E-state index in [1.807, 2.05) is 41.5 Å². The Balaban J connectivity index is 1.40. The molecule has 3 heterocycles. The molecule has 2 amide bonds. The first kappa shape index (κ1) is 19.6. The van der Waals surface area contributed by atoms with Crippen molar-refractivity contribution < 1.29 is 14.3 Å². The summed E-state index contributed by atoms with van der Waals surface area (Å²) in [6.07, 6.45) is 1.41. The molecule has 2 aliphatic heterocycles. The van der Waals surface area contributed by atoms with Crippen molar-refractivity contribution >= 4 is 11.8 Å². The van der Waals surface area contributed by atoms with E-state index in [1.165, 1.54) is 0 Å². The zero-order valence-corrected chi connectivity index (χ0v) is 17.0. The summed E-state index contributed by atoms with van der Waals surface area (Å²) in [5.74, 6) is 1.56. The normalized spacial score (nSPS) is 19.0. The molecule has 0 spiro atoms. The van der Waals surface area contributed by atoms with Crippen LogP contribution in [0.3, 0.4) is 0 Å². The number of carbonyl (C=O) groups excluding carboxylic acids is 2. The van der Waals surface area contributed by atoms with Gasteiger partial charge in [0.2, 0.25) is 5.91 Å². The number of hydrogen-bond donors (Lipinski definition) is 1. The van der Waals surface area contributed by atoms with Crippen molar-refractivity contribution in [3.05, 3.63) is 46.5 Å². The molecule has 1 atom stereocenters. The number of hydrogen-bond acceptors (Lipinski definition) is 5. The third-order valence-corrected chi connectivity index (χ3v) is 5.72. The minimum Gasteiger partial charge on any atom is -0.381 e. The highest BCUT2D eigenvalue weighted by molar-refractivity contribution is 5.95. The molecular formula is C21H27N5O3. The monoisotopic (exact) mass is 397 g/mol. The molecule has 1 saturated heterocycles. The highest BCUT2D eigenvalue weighted by Gasteiger charge is 2.26. The van der Waals surface area contributed by atoms with Gasteiger partial charge in [-0.25, -0.2) is 0 Å². The number of aromatic nitrogens is 3. The van der Waals surface area contributed by atoms with Crippen LogP contribution < -0.4 is 5.32 Å². The van der Waals surface area contributed by atoms with Crippen LogP contribution in [0.1, 0.15) is 39.6 Å². The summed E-state index contributed by atoms with van der Waals surface area (Å²) in [6.45, 7) is 7.29. The van der Waals surface area contributed by atoms with Crippen molar-refractivity contribution in [2.45, 2.75) is 39.8 Å². The molecule has 1 aromatic heterocycles. The molecule has 8 nitrogen and oxygen atoms in total. The predicted molar refractivity (Wildman–Crippen MR) is 106 cm³/mol. The average molecular weight is 397 g/mol. The zero-order valence-electron chi connectivity index (χ0n) is 17.0. The Morgan fingerprint density at radius 2 is 2.07 bits per heavy atom.